The first kappa shape index (κ1) is 23.6. The summed E-state index contributed by atoms with van der Waals surface area (Å²) in [6, 6.07) is 19.7. The number of pyridine rings is 1. The standard InChI is InChI=1S/C27H25ClN6O2/c1-17-24(18-7-3-2-4-8-18)33-25(30-17)22-11-6-14-34(22)27(36)31-21-10-5-9-19(15-21)26(35)32-23-13-12-20(28)16-29-23/h2-5,7-10,12-13,15-16,22H,6,11,14H2,1H3,(H,30,33)(H,31,36)(H,29,32,35). The number of benzene rings is 2. The Bertz CT molecular complexity index is 1390. The van der Waals surface area contributed by atoms with Gasteiger partial charge in [0, 0.05) is 35.2 Å². The number of anilines is 2. The van der Waals surface area contributed by atoms with Crippen LogP contribution in [-0.2, 0) is 0 Å². The van der Waals surface area contributed by atoms with Gasteiger partial charge in [0.05, 0.1) is 16.8 Å². The lowest BCUT2D eigenvalue weighted by Crippen LogP contribution is -2.35. The van der Waals surface area contributed by atoms with Crippen LogP contribution in [0.25, 0.3) is 11.3 Å². The fourth-order valence-electron chi connectivity index (χ4n) is 4.38. The summed E-state index contributed by atoms with van der Waals surface area (Å²) in [6.45, 7) is 2.62. The monoisotopic (exact) mass is 500 g/mol. The average molecular weight is 501 g/mol. The zero-order valence-corrected chi connectivity index (χ0v) is 20.4. The molecule has 3 N–H and O–H groups in total. The Labute approximate surface area is 213 Å². The van der Waals surface area contributed by atoms with Gasteiger partial charge in [-0.25, -0.2) is 14.8 Å². The lowest BCUT2D eigenvalue weighted by Gasteiger charge is -2.23. The fourth-order valence-corrected chi connectivity index (χ4v) is 4.50. The number of hydrogen-bond acceptors (Lipinski definition) is 4. The molecule has 0 bridgehead atoms. The van der Waals surface area contributed by atoms with Crippen LogP contribution in [0.15, 0.2) is 72.9 Å². The first-order valence-corrected chi connectivity index (χ1v) is 12.1. The van der Waals surface area contributed by atoms with Crippen molar-refractivity contribution in [3.63, 3.8) is 0 Å². The fraction of sp³-hybridized carbons (Fsp3) is 0.185. The highest BCUT2D eigenvalue weighted by atomic mass is 35.5. The van der Waals surface area contributed by atoms with Crippen LogP contribution >= 0.6 is 11.6 Å². The van der Waals surface area contributed by atoms with Crippen LogP contribution in [0.3, 0.4) is 0 Å². The molecule has 182 valence electrons. The number of hydrogen-bond donors (Lipinski definition) is 3. The maximum Gasteiger partial charge on any atom is 0.322 e. The quantitative estimate of drug-likeness (QED) is 0.310. The van der Waals surface area contributed by atoms with Crippen molar-refractivity contribution in [2.24, 2.45) is 0 Å². The maximum atomic E-state index is 13.2. The van der Waals surface area contributed by atoms with Gasteiger partial charge in [-0.05, 0) is 50.1 Å². The number of aromatic amines is 1. The van der Waals surface area contributed by atoms with E-state index >= 15 is 0 Å². The van der Waals surface area contributed by atoms with Crippen molar-refractivity contribution in [3.05, 3.63) is 95.0 Å². The van der Waals surface area contributed by atoms with Gasteiger partial charge in [0.15, 0.2) is 0 Å². The number of urea groups is 1. The molecule has 1 aliphatic heterocycles. The summed E-state index contributed by atoms with van der Waals surface area (Å²) in [5.74, 6) is 0.837. The van der Waals surface area contributed by atoms with Gasteiger partial charge in [-0.15, -0.1) is 0 Å². The number of carbonyl (C=O) groups excluding carboxylic acids is 2. The van der Waals surface area contributed by atoms with Crippen LogP contribution in [0.1, 0.15) is 40.8 Å². The normalized spacial score (nSPS) is 15.1. The Morgan fingerprint density at radius 3 is 2.67 bits per heavy atom. The van der Waals surface area contributed by atoms with E-state index in [4.69, 9.17) is 16.6 Å². The van der Waals surface area contributed by atoms with E-state index < -0.39 is 0 Å². The molecule has 36 heavy (non-hydrogen) atoms. The highest BCUT2D eigenvalue weighted by Gasteiger charge is 2.32. The molecule has 0 saturated carbocycles. The molecule has 8 nitrogen and oxygen atoms in total. The third-order valence-corrected chi connectivity index (χ3v) is 6.35. The first-order valence-electron chi connectivity index (χ1n) is 11.7. The minimum absolute atomic E-state index is 0.149. The number of imidazole rings is 1. The second kappa shape index (κ2) is 10.2. The number of aromatic nitrogens is 3. The van der Waals surface area contributed by atoms with Gasteiger partial charge in [0.2, 0.25) is 0 Å². The molecule has 3 amide bonds. The first-order chi connectivity index (χ1) is 17.5. The van der Waals surface area contributed by atoms with Crippen molar-refractivity contribution in [1.82, 2.24) is 19.9 Å². The minimum Gasteiger partial charge on any atom is -0.344 e. The van der Waals surface area contributed by atoms with Gasteiger partial charge in [-0.2, -0.15) is 0 Å². The van der Waals surface area contributed by atoms with Gasteiger partial charge in [0.1, 0.15) is 11.6 Å². The molecule has 2 aromatic heterocycles. The topological polar surface area (TPSA) is 103 Å². The summed E-state index contributed by atoms with van der Waals surface area (Å²) in [5.41, 5.74) is 3.83. The van der Waals surface area contributed by atoms with Gasteiger partial charge in [0.25, 0.3) is 5.91 Å². The second-order valence-electron chi connectivity index (χ2n) is 8.64. The Hall–Kier alpha value is -4.17. The number of nitrogens with one attached hydrogen (secondary N) is 3. The largest absolute Gasteiger partial charge is 0.344 e. The van der Waals surface area contributed by atoms with E-state index in [9.17, 15) is 9.59 Å². The van der Waals surface area contributed by atoms with E-state index in [2.05, 4.69) is 20.6 Å². The molecule has 0 aliphatic carbocycles. The molecule has 5 rings (SSSR count). The molecule has 9 heteroatoms. The number of carbonyl (C=O) groups is 2. The predicted molar refractivity (Wildman–Crippen MR) is 140 cm³/mol. The molecule has 1 unspecified atom stereocenters. The molecular weight excluding hydrogens is 476 g/mol. The van der Waals surface area contributed by atoms with Crippen LogP contribution in [-0.4, -0.2) is 38.3 Å². The molecule has 4 aromatic rings. The maximum absolute atomic E-state index is 13.2. The number of amides is 3. The number of likely N-dealkylation sites (tertiary alicyclic amines) is 1. The summed E-state index contributed by atoms with van der Waals surface area (Å²) in [6.07, 6.45) is 3.17. The van der Waals surface area contributed by atoms with Crippen LogP contribution < -0.4 is 10.6 Å². The molecule has 3 heterocycles. The molecular formula is C27H25ClN6O2. The van der Waals surface area contributed by atoms with Crippen LogP contribution in [0.2, 0.25) is 5.02 Å². The summed E-state index contributed by atoms with van der Waals surface area (Å²) >= 11 is 5.85. The van der Waals surface area contributed by atoms with Gasteiger partial charge in [-0.1, -0.05) is 48.0 Å². The van der Waals surface area contributed by atoms with Crippen LogP contribution in [0, 0.1) is 6.92 Å². The number of H-pyrrole nitrogens is 1. The Balaban J connectivity index is 1.29. The molecule has 1 saturated heterocycles. The Kier molecular flexibility index (Phi) is 6.69. The van der Waals surface area contributed by atoms with E-state index in [1.165, 1.54) is 6.20 Å². The number of rotatable bonds is 5. The summed E-state index contributed by atoms with van der Waals surface area (Å²) in [5, 5.41) is 6.15. The van der Waals surface area contributed by atoms with E-state index in [1.54, 1.807) is 41.3 Å². The lowest BCUT2D eigenvalue weighted by molar-refractivity contribution is 0.102. The van der Waals surface area contributed by atoms with Crippen molar-refractivity contribution in [2.45, 2.75) is 25.8 Å². The van der Waals surface area contributed by atoms with Gasteiger partial charge >= 0.3 is 6.03 Å². The van der Waals surface area contributed by atoms with Crippen molar-refractivity contribution >= 4 is 35.0 Å². The SMILES string of the molecule is Cc1[nH]c(C2CCCN2C(=O)Nc2cccc(C(=O)Nc3ccc(Cl)cn3)c2)nc1-c1ccccc1. The molecule has 1 aliphatic rings. The van der Waals surface area contributed by atoms with E-state index in [-0.39, 0.29) is 18.0 Å². The van der Waals surface area contributed by atoms with E-state index in [0.29, 0.717) is 28.6 Å². The summed E-state index contributed by atoms with van der Waals surface area (Å²) in [7, 11) is 0. The molecule has 2 aromatic carbocycles. The molecule has 1 atom stereocenters. The molecule has 1 fully saturated rings. The van der Waals surface area contributed by atoms with Crippen LogP contribution in [0.5, 0.6) is 0 Å². The third kappa shape index (κ3) is 5.08. The van der Waals surface area contributed by atoms with Crippen molar-refractivity contribution in [1.29, 1.82) is 0 Å². The van der Waals surface area contributed by atoms with E-state index in [0.717, 1.165) is 35.6 Å². The highest BCUT2D eigenvalue weighted by Crippen LogP contribution is 2.33. The van der Waals surface area contributed by atoms with Crippen molar-refractivity contribution < 1.29 is 9.59 Å². The van der Waals surface area contributed by atoms with Crippen LogP contribution in [0.4, 0.5) is 16.3 Å². The number of halogens is 1. The lowest BCUT2D eigenvalue weighted by atomic mass is 10.1. The average Bonchev–Trinajstić information content (AvgIpc) is 3.53. The minimum atomic E-state index is -0.334. The van der Waals surface area contributed by atoms with E-state index in [1.807, 2.05) is 37.3 Å². The highest BCUT2D eigenvalue weighted by molar-refractivity contribution is 6.30. The smallest absolute Gasteiger partial charge is 0.322 e. The zero-order valence-electron chi connectivity index (χ0n) is 19.7. The molecule has 0 radical (unpaired) electrons. The van der Waals surface area contributed by atoms with Crippen molar-refractivity contribution in [2.75, 3.05) is 17.2 Å². The molecule has 0 spiro atoms. The Morgan fingerprint density at radius 2 is 1.89 bits per heavy atom. The second-order valence-corrected chi connectivity index (χ2v) is 9.08. The summed E-state index contributed by atoms with van der Waals surface area (Å²) < 4.78 is 0. The zero-order chi connectivity index (χ0) is 25.1. The third-order valence-electron chi connectivity index (χ3n) is 6.12. The van der Waals surface area contributed by atoms with Gasteiger partial charge in [-0.3, -0.25) is 4.79 Å². The summed E-state index contributed by atoms with van der Waals surface area (Å²) in [4.78, 5) is 40.0. The number of aryl methyl sites for hydroxylation is 1. The van der Waals surface area contributed by atoms with Gasteiger partial charge < -0.3 is 20.5 Å². The number of nitrogens with zero attached hydrogens (tertiary/aromatic N) is 3. The predicted octanol–water partition coefficient (Wildman–Crippen LogP) is 6.05. The van der Waals surface area contributed by atoms with Crippen molar-refractivity contribution in [3.8, 4) is 11.3 Å². The Morgan fingerprint density at radius 1 is 1.06 bits per heavy atom.